The van der Waals surface area contributed by atoms with E-state index >= 15 is 0 Å². The monoisotopic (exact) mass is 198 g/mol. The molecule has 0 heteroatoms. The normalized spacial score (nSPS) is 12.7. The Hall–Kier alpha value is -1.74. The first-order valence-corrected chi connectivity index (χ1v) is 5.07. The van der Waals surface area contributed by atoms with Crippen molar-refractivity contribution in [3.63, 3.8) is 0 Å². The van der Waals surface area contributed by atoms with Crippen molar-refractivity contribution >= 4 is 0 Å². The minimum atomic E-state index is 0.803. The number of terminal acetylenes is 1. The fourth-order valence-corrected chi connectivity index (χ4v) is 0.935. The van der Waals surface area contributed by atoms with Gasteiger partial charge in [0.15, 0.2) is 0 Å². The van der Waals surface area contributed by atoms with Crippen LogP contribution in [0.5, 0.6) is 0 Å². The summed E-state index contributed by atoms with van der Waals surface area (Å²) in [6.07, 6.45) is 22.8. The van der Waals surface area contributed by atoms with Crippen molar-refractivity contribution in [2.24, 2.45) is 0 Å². The van der Waals surface area contributed by atoms with Gasteiger partial charge < -0.3 is 0 Å². The van der Waals surface area contributed by atoms with Gasteiger partial charge in [-0.2, -0.15) is 0 Å². The number of hydrogen-bond acceptors (Lipinski definition) is 0. The van der Waals surface area contributed by atoms with Crippen LogP contribution in [0.2, 0.25) is 0 Å². The van der Waals surface area contributed by atoms with Gasteiger partial charge in [0.2, 0.25) is 0 Å². The molecule has 0 radical (unpaired) electrons. The molecule has 0 atom stereocenters. The zero-order valence-electron chi connectivity index (χ0n) is 9.32. The van der Waals surface area contributed by atoms with E-state index in [9.17, 15) is 0 Å². The van der Waals surface area contributed by atoms with E-state index in [4.69, 9.17) is 6.42 Å². The lowest BCUT2D eigenvalue weighted by Gasteiger charge is -1.88. The van der Waals surface area contributed by atoms with Crippen LogP contribution in [0.3, 0.4) is 0 Å². The Morgan fingerprint density at radius 3 is 2.60 bits per heavy atom. The predicted octanol–water partition coefficient (Wildman–Crippen LogP) is 4.20. The molecule has 0 aromatic rings. The van der Waals surface area contributed by atoms with E-state index in [1.807, 2.05) is 43.4 Å². The van der Waals surface area contributed by atoms with Crippen molar-refractivity contribution in [2.75, 3.05) is 0 Å². The average molecular weight is 198 g/mol. The van der Waals surface area contributed by atoms with E-state index in [0.717, 1.165) is 18.4 Å². The molecule has 0 saturated heterocycles. The van der Waals surface area contributed by atoms with Crippen molar-refractivity contribution in [1.29, 1.82) is 0 Å². The van der Waals surface area contributed by atoms with Crippen LogP contribution in [0.1, 0.15) is 19.8 Å². The van der Waals surface area contributed by atoms with Crippen molar-refractivity contribution in [3.8, 4) is 12.3 Å². The summed E-state index contributed by atoms with van der Waals surface area (Å²) in [5.41, 5.74) is 1.16. The number of allylic oxidation sites excluding steroid dienone is 9. The molecule has 0 saturated carbocycles. The molecule has 0 N–H and O–H groups in total. The molecule has 15 heavy (non-hydrogen) atoms. The maximum absolute atomic E-state index is 5.14. The van der Waals surface area contributed by atoms with Gasteiger partial charge in [-0.05, 0) is 18.9 Å². The van der Waals surface area contributed by atoms with Gasteiger partial charge >= 0.3 is 0 Å². The number of unbranched alkanes of at least 4 members (excludes halogenated alkanes) is 1. The molecule has 0 rings (SSSR count). The highest BCUT2D eigenvalue weighted by molar-refractivity contribution is 5.33. The Labute approximate surface area is 93.4 Å². The number of rotatable bonds is 6. The van der Waals surface area contributed by atoms with E-state index in [-0.39, 0.29) is 0 Å². The molecule has 0 aromatic heterocycles. The van der Waals surface area contributed by atoms with Crippen molar-refractivity contribution in [3.05, 3.63) is 60.8 Å². The molecule has 0 spiro atoms. The first-order chi connectivity index (χ1) is 7.35. The second-order valence-corrected chi connectivity index (χ2v) is 2.91. The molecule has 0 unspecified atom stereocenters. The highest BCUT2D eigenvalue weighted by atomic mass is 13.9. The maximum Gasteiger partial charge on any atom is 0.0121 e. The summed E-state index contributed by atoms with van der Waals surface area (Å²) in [5.74, 6) is 2.60. The lowest BCUT2D eigenvalue weighted by Crippen LogP contribution is -1.68. The number of hydrogen-bond donors (Lipinski definition) is 0. The van der Waals surface area contributed by atoms with E-state index < -0.39 is 0 Å². The van der Waals surface area contributed by atoms with Crippen LogP contribution in [0.15, 0.2) is 60.8 Å². The van der Waals surface area contributed by atoms with Gasteiger partial charge in [0.25, 0.3) is 0 Å². The second kappa shape index (κ2) is 10.3. The SMILES string of the molecule is C#CCC\C=C/C=C\C(\C=C/C=C)=C\C. The maximum atomic E-state index is 5.14. The van der Waals surface area contributed by atoms with Gasteiger partial charge in [-0.1, -0.05) is 55.2 Å². The van der Waals surface area contributed by atoms with E-state index in [2.05, 4.69) is 18.6 Å². The largest absolute Gasteiger partial charge is 0.120 e. The van der Waals surface area contributed by atoms with E-state index in [1.54, 1.807) is 6.08 Å². The Morgan fingerprint density at radius 1 is 1.27 bits per heavy atom. The highest BCUT2D eigenvalue weighted by Gasteiger charge is 1.79. The van der Waals surface area contributed by atoms with Gasteiger partial charge in [0.05, 0.1) is 0 Å². The third-order valence-corrected chi connectivity index (χ3v) is 1.75. The van der Waals surface area contributed by atoms with Gasteiger partial charge in [-0.15, -0.1) is 12.3 Å². The standard InChI is InChI=1S/C15H18/c1-4-7-9-10-11-12-14-15(6-3)13-8-5-2/h1,5-6,8,10-14H,2,7,9H2,3H3/b11-10-,13-8-,14-12-,15-6+. The fourth-order valence-electron chi connectivity index (χ4n) is 0.935. The van der Waals surface area contributed by atoms with Crippen LogP contribution < -0.4 is 0 Å². The molecule has 0 nitrogen and oxygen atoms in total. The summed E-state index contributed by atoms with van der Waals surface area (Å²) >= 11 is 0. The summed E-state index contributed by atoms with van der Waals surface area (Å²) in [5, 5.41) is 0. The van der Waals surface area contributed by atoms with Crippen LogP contribution in [-0.2, 0) is 0 Å². The molecular weight excluding hydrogens is 180 g/mol. The summed E-state index contributed by atoms with van der Waals surface area (Å²) < 4.78 is 0. The van der Waals surface area contributed by atoms with Crippen LogP contribution in [0.4, 0.5) is 0 Å². The smallest absolute Gasteiger partial charge is 0.0121 e. The summed E-state index contributed by atoms with van der Waals surface area (Å²) in [4.78, 5) is 0. The zero-order chi connectivity index (χ0) is 11.4. The third kappa shape index (κ3) is 8.59. The van der Waals surface area contributed by atoms with Crippen LogP contribution >= 0.6 is 0 Å². The minimum absolute atomic E-state index is 0.803. The van der Waals surface area contributed by atoms with Crippen molar-refractivity contribution in [2.45, 2.75) is 19.8 Å². The van der Waals surface area contributed by atoms with Crippen LogP contribution in [0.25, 0.3) is 0 Å². The lowest BCUT2D eigenvalue weighted by molar-refractivity contribution is 1.09. The molecule has 0 heterocycles. The molecule has 78 valence electrons. The van der Waals surface area contributed by atoms with Gasteiger partial charge in [0, 0.05) is 6.42 Å². The summed E-state index contributed by atoms with van der Waals surface area (Å²) in [6, 6.07) is 0. The van der Waals surface area contributed by atoms with Gasteiger partial charge in [-0.25, -0.2) is 0 Å². The Balaban J connectivity index is 4.03. The summed E-state index contributed by atoms with van der Waals surface area (Å²) in [6.45, 7) is 5.64. The van der Waals surface area contributed by atoms with Crippen molar-refractivity contribution < 1.29 is 0 Å². The average Bonchev–Trinajstić information content (AvgIpc) is 2.27. The highest BCUT2D eigenvalue weighted by Crippen LogP contribution is 2.00. The van der Waals surface area contributed by atoms with Crippen LogP contribution in [-0.4, -0.2) is 0 Å². The zero-order valence-corrected chi connectivity index (χ0v) is 9.32. The van der Waals surface area contributed by atoms with Crippen molar-refractivity contribution in [1.82, 2.24) is 0 Å². The molecule has 0 bridgehead atoms. The van der Waals surface area contributed by atoms with E-state index in [1.165, 1.54) is 0 Å². The quantitative estimate of drug-likeness (QED) is 0.341. The topological polar surface area (TPSA) is 0 Å². The Morgan fingerprint density at radius 2 is 2.00 bits per heavy atom. The van der Waals surface area contributed by atoms with E-state index in [0.29, 0.717) is 0 Å². The molecule has 0 aliphatic heterocycles. The van der Waals surface area contributed by atoms with Gasteiger partial charge in [0.1, 0.15) is 0 Å². The fraction of sp³-hybridized carbons (Fsp3) is 0.200. The summed E-state index contributed by atoms with van der Waals surface area (Å²) in [7, 11) is 0. The Kier molecular flexibility index (Phi) is 9.14. The first-order valence-electron chi connectivity index (χ1n) is 5.07. The molecule has 0 aliphatic rings. The minimum Gasteiger partial charge on any atom is -0.120 e. The molecular formula is C15H18. The lowest BCUT2D eigenvalue weighted by atomic mass is 10.2. The predicted molar refractivity (Wildman–Crippen MR) is 69.4 cm³/mol. The first kappa shape index (κ1) is 13.3. The molecule has 0 aliphatic carbocycles. The molecule has 0 amide bonds. The van der Waals surface area contributed by atoms with Crippen LogP contribution in [0, 0.1) is 12.3 Å². The molecule has 0 aromatic carbocycles. The third-order valence-electron chi connectivity index (χ3n) is 1.75. The Bertz CT molecular complexity index is 316. The van der Waals surface area contributed by atoms with Gasteiger partial charge in [-0.3, -0.25) is 0 Å². The second-order valence-electron chi connectivity index (χ2n) is 2.91. The molecule has 0 fully saturated rings.